The average Bonchev–Trinajstić information content (AvgIpc) is 2.43. The van der Waals surface area contributed by atoms with E-state index < -0.39 is 0 Å². The highest BCUT2D eigenvalue weighted by atomic mass is 79.9. The van der Waals surface area contributed by atoms with E-state index in [1.54, 1.807) is 0 Å². The quantitative estimate of drug-likeness (QED) is 0.406. The van der Waals surface area contributed by atoms with Gasteiger partial charge in [0.25, 0.3) is 0 Å². The van der Waals surface area contributed by atoms with Crippen LogP contribution in [0.3, 0.4) is 0 Å². The molecule has 0 aliphatic carbocycles. The van der Waals surface area contributed by atoms with E-state index in [0.717, 1.165) is 66.6 Å². The fourth-order valence-corrected chi connectivity index (χ4v) is 2.46. The molecular weight excluding hydrogens is 372 g/mol. The van der Waals surface area contributed by atoms with Crippen LogP contribution in [0.1, 0.15) is 31.2 Å². The second-order valence-electron chi connectivity index (χ2n) is 4.37. The van der Waals surface area contributed by atoms with Gasteiger partial charge in [-0.1, -0.05) is 37.9 Å². The summed E-state index contributed by atoms with van der Waals surface area (Å²) in [7, 11) is 0. The summed E-state index contributed by atoms with van der Waals surface area (Å²) in [5.41, 5.74) is 1.10. The van der Waals surface area contributed by atoms with Crippen LogP contribution in [-0.2, 0) is 0 Å². The number of unbranched alkanes of at least 4 members (excludes halogenated alkanes) is 2. The number of hydrogen-bond donors (Lipinski definition) is 0. The lowest BCUT2D eigenvalue weighted by atomic mass is 10.2. The van der Waals surface area contributed by atoms with Crippen molar-refractivity contribution in [2.75, 3.05) is 23.9 Å². The molecular formula is C15H22Br2O2. The molecule has 2 nitrogen and oxygen atoms in total. The maximum Gasteiger partial charge on any atom is 0.125 e. The molecule has 0 heterocycles. The van der Waals surface area contributed by atoms with Gasteiger partial charge in [-0.2, -0.15) is 0 Å². The molecule has 0 aliphatic rings. The Hall–Kier alpha value is -0.220. The molecule has 0 spiro atoms. The Bertz CT molecular complexity index is 326. The molecule has 108 valence electrons. The zero-order valence-corrected chi connectivity index (χ0v) is 14.6. The lowest BCUT2D eigenvalue weighted by Gasteiger charge is -2.13. The van der Waals surface area contributed by atoms with Crippen molar-refractivity contribution in [1.29, 1.82) is 0 Å². The number of alkyl halides is 2. The third-order valence-electron chi connectivity index (χ3n) is 2.81. The molecule has 1 rings (SSSR count). The van der Waals surface area contributed by atoms with Crippen molar-refractivity contribution in [2.45, 2.75) is 32.6 Å². The molecule has 0 N–H and O–H groups in total. The predicted octanol–water partition coefficient (Wildman–Crippen LogP) is 5.10. The summed E-state index contributed by atoms with van der Waals surface area (Å²) in [5, 5.41) is 2.07. The molecule has 1 aromatic rings. The third-order valence-corrected chi connectivity index (χ3v) is 3.93. The predicted molar refractivity (Wildman–Crippen MR) is 88.2 cm³/mol. The van der Waals surface area contributed by atoms with Crippen molar-refractivity contribution in [3.63, 3.8) is 0 Å². The first-order chi connectivity index (χ1) is 9.29. The summed E-state index contributed by atoms with van der Waals surface area (Å²) in [6.45, 7) is 3.58. The van der Waals surface area contributed by atoms with Crippen LogP contribution < -0.4 is 9.47 Å². The monoisotopic (exact) mass is 392 g/mol. The molecule has 0 amide bonds. The van der Waals surface area contributed by atoms with Gasteiger partial charge >= 0.3 is 0 Å². The average molecular weight is 394 g/mol. The Morgan fingerprint density at radius 1 is 0.842 bits per heavy atom. The van der Waals surface area contributed by atoms with Crippen molar-refractivity contribution in [1.82, 2.24) is 0 Å². The Morgan fingerprint density at radius 3 is 1.74 bits per heavy atom. The number of benzene rings is 1. The number of ether oxygens (including phenoxy) is 2. The van der Waals surface area contributed by atoms with Gasteiger partial charge in [0.15, 0.2) is 0 Å². The molecule has 0 radical (unpaired) electrons. The highest BCUT2D eigenvalue weighted by Crippen LogP contribution is 2.27. The first-order valence-corrected chi connectivity index (χ1v) is 9.01. The van der Waals surface area contributed by atoms with Gasteiger partial charge in [0.2, 0.25) is 0 Å². The number of halogens is 2. The molecule has 0 fully saturated rings. The van der Waals surface area contributed by atoms with Crippen molar-refractivity contribution in [3.8, 4) is 11.5 Å². The fraction of sp³-hybridized carbons (Fsp3) is 0.600. The minimum Gasteiger partial charge on any atom is -0.493 e. The molecule has 0 unspecified atom stereocenters. The van der Waals surface area contributed by atoms with Gasteiger partial charge in [-0.25, -0.2) is 0 Å². The smallest absolute Gasteiger partial charge is 0.125 e. The first-order valence-electron chi connectivity index (χ1n) is 6.76. The van der Waals surface area contributed by atoms with Crippen LogP contribution in [0.15, 0.2) is 18.2 Å². The van der Waals surface area contributed by atoms with Gasteiger partial charge < -0.3 is 9.47 Å². The zero-order valence-electron chi connectivity index (χ0n) is 11.5. The Kier molecular flexibility index (Phi) is 9.35. The highest BCUT2D eigenvalue weighted by molar-refractivity contribution is 9.09. The summed E-state index contributed by atoms with van der Waals surface area (Å²) >= 11 is 6.85. The lowest BCUT2D eigenvalue weighted by Crippen LogP contribution is -2.02. The van der Waals surface area contributed by atoms with Gasteiger partial charge in [0, 0.05) is 16.2 Å². The van der Waals surface area contributed by atoms with Gasteiger partial charge in [0.05, 0.1) is 13.2 Å². The van der Waals surface area contributed by atoms with Crippen LogP contribution in [0.2, 0.25) is 0 Å². The molecule has 1 aromatic carbocycles. The standard InChI is InChI=1S/C15H22Br2O2/c1-13-14(18-11-4-2-9-16)7-6-8-15(13)19-12-5-3-10-17/h6-8H,2-5,9-12H2,1H3. The van der Waals surface area contributed by atoms with Crippen molar-refractivity contribution >= 4 is 31.9 Å². The maximum atomic E-state index is 5.80. The summed E-state index contributed by atoms with van der Waals surface area (Å²) in [6.07, 6.45) is 4.42. The van der Waals surface area contributed by atoms with Crippen LogP contribution in [-0.4, -0.2) is 23.9 Å². The van der Waals surface area contributed by atoms with E-state index in [-0.39, 0.29) is 0 Å². The van der Waals surface area contributed by atoms with Crippen LogP contribution in [0.4, 0.5) is 0 Å². The molecule has 0 aliphatic heterocycles. The summed E-state index contributed by atoms with van der Waals surface area (Å²) in [5.74, 6) is 1.88. The lowest BCUT2D eigenvalue weighted by molar-refractivity contribution is 0.291. The van der Waals surface area contributed by atoms with E-state index >= 15 is 0 Å². The third kappa shape index (κ3) is 6.66. The van der Waals surface area contributed by atoms with Gasteiger partial charge in [-0.05, 0) is 44.7 Å². The summed E-state index contributed by atoms with van der Waals surface area (Å²) < 4.78 is 11.6. The van der Waals surface area contributed by atoms with E-state index in [4.69, 9.17) is 9.47 Å². The highest BCUT2D eigenvalue weighted by Gasteiger charge is 2.05. The fourth-order valence-electron chi connectivity index (χ4n) is 1.66. The summed E-state index contributed by atoms with van der Waals surface area (Å²) in [6, 6.07) is 6.01. The molecule has 0 aromatic heterocycles. The second kappa shape index (κ2) is 10.6. The van der Waals surface area contributed by atoms with Gasteiger partial charge in [-0.3, -0.25) is 0 Å². The molecule has 4 heteroatoms. The van der Waals surface area contributed by atoms with Crippen molar-refractivity contribution < 1.29 is 9.47 Å². The van der Waals surface area contributed by atoms with Gasteiger partial charge in [0.1, 0.15) is 11.5 Å². The van der Waals surface area contributed by atoms with Crippen molar-refractivity contribution in [2.24, 2.45) is 0 Å². The molecule has 19 heavy (non-hydrogen) atoms. The van der Waals surface area contributed by atoms with Gasteiger partial charge in [-0.15, -0.1) is 0 Å². The van der Waals surface area contributed by atoms with Crippen LogP contribution in [0.25, 0.3) is 0 Å². The van der Waals surface area contributed by atoms with E-state index in [2.05, 4.69) is 38.8 Å². The summed E-state index contributed by atoms with van der Waals surface area (Å²) in [4.78, 5) is 0. The number of rotatable bonds is 10. The van der Waals surface area contributed by atoms with Crippen LogP contribution >= 0.6 is 31.9 Å². The number of hydrogen-bond acceptors (Lipinski definition) is 2. The molecule has 0 bridgehead atoms. The van der Waals surface area contributed by atoms with E-state index in [1.165, 1.54) is 0 Å². The van der Waals surface area contributed by atoms with E-state index in [0.29, 0.717) is 0 Å². The molecule has 0 saturated heterocycles. The molecule has 0 saturated carbocycles. The normalized spacial score (nSPS) is 10.5. The largest absolute Gasteiger partial charge is 0.493 e. The van der Waals surface area contributed by atoms with Crippen LogP contribution in [0.5, 0.6) is 11.5 Å². The van der Waals surface area contributed by atoms with Crippen LogP contribution in [0, 0.1) is 6.92 Å². The maximum absolute atomic E-state index is 5.80. The Labute approximate surface area is 133 Å². The Morgan fingerprint density at radius 2 is 1.32 bits per heavy atom. The van der Waals surface area contributed by atoms with E-state index in [1.807, 2.05) is 18.2 Å². The minimum atomic E-state index is 0.763. The molecule has 0 atom stereocenters. The first kappa shape index (κ1) is 16.8. The second-order valence-corrected chi connectivity index (χ2v) is 5.95. The SMILES string of the molecule is Cc1c(OCCCCBr)cccc1OCCCCBr. The minimum absolute atomic E-state index is 0.763. The Balaban J connectivity index is 2.44. The van der Waals surface area contributed by atoms with Crippen molar-refractivity contribution in [3.05, 3.63) is 23.8 Å². The zero-order chi connectivity index (χ0) is 13.9. The topological polar surface area (TPSA) is 18.5 Å². The van der Waals surface area contributed by atoms with E-state index in [9.17, 15) is 0 Å².